The van der Waals surface area contributed by atoms with Crippen LogP contribution >= 0.6 is 0 Å². The van der Waals surface area contributed by atoms with Gasteiger partial charge in [-0.3, -0.25) is 0 Å². The summed E-state index contributed by atoms with van der Waals surface area (Å²) in [7, 11) is 0. The van der Waals surface area contributed by atoms with Gasteiger partial charge in [-0.05, 0) is 161 Å². The first kappa shape index (κ1) is 50.3. The van der Waals surface area contributed by atoms with Gasteiger partial charge in [-0.25, -0.2) is 0 Å². The zero-order chi connectivity index (χ0) is 54.1. The summed E-state index contributed by atoms with van der Waals surface area (Å²) in [5.41, 5.74) is 27.1. The highest BCUT2D eigenvalue weighted by Gasteiger charge is 2.47. The molecule has 77 heavy (non-hydrogen) atoms. The maximum atomic E-state index is 2.69. The smallest absolute Gasteiger partial charge is 0.252 e. The molecule has 2 heterocycles. The zero-order valence-corrected chi connectivity index (χ0v) is 47.9. The lowest BCUT2D eigenvalue weighted by molar-refractivity contribution is 0.589. The lowest BCUT2D eigenvalue weighted by Gasteiger charge is -2.46. The van der Waals surface area contributed by atoms with Gasteiger partial charge in [-0.1, -0.05) is 218 Å². The molecular weight excluding hydrogens is 930 g/mol. The van der Waals surface area contributed by atoms with E-state index in [9.17, 15) is 0 Å². The van der Waals surface area contributed by atoms with Crippen molar-refractivity contribution in [2.45, 2.75) is 124 Å². The summed E-state index contributed by atoms with van der Waals surface area (Å²) < 4.78 is 0. The summed E-state index contributed by atoms with van der Waals surface area (Å²) in [5, 5.41) is 0. The average molecular weight is 1000 g/mol. The molecule has 0 unspecified atom stereocenters. The third-order valence-electron chi connectivity index (χ3n) is 17.0. The number of benzene rings is 9. The molecule has 9 aromatic carbocycles. The summed E-state index contributed by atoms with van der Waals surface area (Å²) in [6, 6.07) is 74.5. The Morgan fingerprint density at radius 2 is 0.948 bits per heavy atom. The third-order valence-corrected chi connectivity index (χ3v) is 17.0. The van der Waals surface area contributed by atoms with E-state index in [0.717, 1.165) is 17.1 Å². The van der Waals surface area contributed by atoms with Gasteiger partial charge in [0.05, 0.1) is 11.4 Å². The SMILES string of the molecule is CC(C)(C)c1ccc(N2c3ccc(C(C)(C)C)cc3B3c4ccc(N(c5ccccc5)c5ccc(C(C)(C)C)cc5-c5ccccc5)cc4N(c4cccc5c4C(C)(C)c4ccccc4-5)c4cc(C(C)(C)C)cc2c43)cc1. The van der Waals surface area contributed by atoms with Crippen LogP contribution in [0.4, 0.5) is 51.2 Å². The van der Waals surface area contributed by atoms with Crippen molar-refractivity contribution in [3.05, 3.63) is 228 Å². The van der Waals surface area contributed by atoms with Gasteiger partial charge >= 0.3 is 0 Å². The molecule has 0 aromatic heterocycles. The second kappa shape index (κ2) is 17.7. The Morgan fingerprint density at radius 3 is 1.61 bits per heavy atom. The highest BCUT2D eigenvalue weighted by atomic mass is 15.2. The Bertz CT molecular complexity index is 3760. The van der Waals surface area contributed by atoms with E-state index in [1.54, 1.807) is 0 Å². The van der Waals surface area contributed by atoms with E-state index in [1.807, 2.05) is 0 Å². The maximum Gasteiger partial charge on any atom is 0.252 e. The van der Waals surface area contributed by atoms with Crippen LogP contribution in [0.3, 0.4) is 0 Å². The summed E-state index contributed by atoms with van der Waals surface area (Å²) in [6.45, 7) is 32.8. The Balaban J connectivity index is 1.20. The second-order valence-electron chi connectivity index (χ2n) is 26.7. The first-order valence-corrected chi connectivity index (χ1v) is 28.0. The fourth-order valence-corrected chi connectivity index (χ4v) is 12.7. The fourth-order valence-electron chi connectivity index (χ4n) is 12.7. The lowest BCUT2D eigenvalue weighted by atomic mass is 9.33. The molecule has 0 atom stereocenters. The number of para-hydroxylation sites is 1. The summed E-state index contributed by atoms with van der Waals surface area (Å²) in [6.07, 6.45) is 0. The monoisotopic (exact) mass is 1000 g/mol. The molecule has 0 radical (unpaired) electrons. The molecule has 0 saturated carbocycles. The van der Waals surface area contributed by atoms with E-state index >= 15 is 0 Å². The van der Waals surface area contributed by atoms with Gasteiger partial charge in [0, 0.05) is 50.8 Å². The number of hydrogen-bond acceptors (Lipinski definition) is 3. The topological polar surface area (TPSA) is 9.72 Å². The molecule has 9 aromatic rings. The average Bonchev–Trinajstić information content (AvgIpc) is 3.90. The van der Waals surface area contributed by atoms with E-state index in [2.05, 4.69) is 306 Å². The van der Waals surface area contributed by atoms with Crippen LogP contribution in [0.15, 0.2) is 194 Å². The van der Waals surface area contributed by atoms with Crippen molar-refractivity contribution in [3.63, 3.8) is 0 Å². The number of rotatable bonds is 6. The van der Waals surface area contributed by atoms with Crippen LogP contribution in [0.2, 0.25) is 0 Å². The highest BCUT2D eigenvalue weighted by molar-refractivity contribution is 7.00. The third kappa shape index (κ3) is 8.33. The van der Waals surface area contributed by atoms with Crippen LogP contribution in [0.25, 0.3) is 22.3 Å². The Hall–Kier alpha value is -7.56. The lowest BCUT2D eigenvalue weighted by Crippen LogP contribution is -2.61. The molecule has 3 aliphatic rings. The van der Waals surface area contributed by atoms with Gasteiger partial charge < -0.3 is 14.7 Å². The van der Waals surface area contributed by atoms with Crippen molar-refractivity contribution in [2.75, 3.05) is 14.7 Å². The summed E-state index contributed by atoms with van der Waals surface area (Å²) >= 11 is 0. The molecule has 0 N–H and O–H groups in total. The van der Waals surface area contributed by atoms with Gasteiger partial charge in [0.1, 0.15) is 0 Å². The van der Waals surface area contributed by atoms with Crippen LogP contribution < -0.4 is 31.1 Å². The molecule has 0 spiro atoms. The van der Waals surface area contributed by atoms with Crippen molar-refractivity contribution in [1.29, 1.82) is 0 Å². The number of nitrogens with zero attached hydrogens (tertiary/aromatic N) is 3. The molecule has 384 valence electrons. The van der Waals surface area contributed by atoms with E-state index in [0.29, 0.717) is 0 Å². The van der Waals surface area contributed by atoms with E-state index in [4.69, 9.17) is 0 Å². The Labute approximate surface area is 460 Å². The Kier molecular flexibility index (Phi) is 11.6. The molecule has 0 saturated heterocycles. The first-order valence-electron chi connectivity index (χ1n) is 28.0. The van der Waals surface area contributed by atoms with Gasteiger partial charge in [-0.15, -0.1) is 0 Å². The molecule has 1 aliphatic carbocycles. The quantitative estimate of drug-likeness (QED) is 0.154. The molecule has 12 rings (SSSR count). The molecule has 3 nitrogen and oxygen atoms in total. The Morgan fingerprint density at radius 1 is 0.377 bits per heavy atom. The minimum Gasteiger partial charge on any atom is -0.311 e. The van der Waals surface area contributed by atoms with Crippen molar-refractivity contribution in [3.8, 4) is 22.3 Å². The van der Waals surface area contributed by atoms with E-state index in [1.165, 1.54) is 106 Å². The molecular formula is C73H74BN3. The summed E-state index contributed by atoms with van der Waals surface area (Å²) in [4.78, 5) is 7.79. The fraction of sp³-hybridized carbons (Fsp3) is 0.260. The van der Waals surface area contributed by atoms with Crippen LogP contribution in [-0.2, 0) is 27.1 Å². The van der Waals surface area contributed by atoms with Crippen LogP contribution in [0.1, 0.15) is 130 Å². The largest absolute Gasteiger partial charge is 0.311 e. The van der Waals surface area contributed by atoms with Gasteiger partial charge in [0.25, 0.3) is 6.71 Å². The molecule has 4 heteroatoms. The molecule has 0 bridgehead atoms. The standard InChI is InChI=1S/C73H74BN3/c1-69(2,3)48-32-36-53(37-33-48)76-62-41-35-50(71(7,8)9)43-60(62)74-59-39-38-54(75(52-26-19-16-20-27-52)61-40-34-49(70(4,5)6)42-57(61)47-24-17-15-18-25-47)46-64(59)77(66-45-51(72(10,11)12)44-65(76)68(66)74)63-31-23-29-56-55-28-21-22-30-58(55)73(13,14)67(56)63/h15-46H,1-14H3. The molecule has 2 aliphatic heterocycles. The predicted molar refractivity (Wildman–Crippen MR) is 333 cm³/mol. The number of hydrogen-bond donors (Lipinski definition) is 0. The van der Waals surface area contributed by atoms with E-state index in [-0.39, 0.29) is 33.8 Å². The normalized spacial score (nSPS) is 14.4. The van der Waals surface area contributed by atoms with E-state index < -0.39 is 0 Å². The maximum absolute atomic E-state index is 2.69. The molecule has 0 fully saturated rings. The van der Waals surface area contributed by atoms with Gasteiger partial charge in [0.15, 0.2) is 0 Å². The van der Waals surface area contributed by atoms with Crippen molar-refractivity contribution < 1.29 is 0 Å². The van der Waals surface area contributed by atoms with Gasteiger partial charge in [-0.2, -0.15) is 0 Å². The van der Waals surface area contributed by atoms with Crippen LogP contribution in [0.5, 0.6) is 0 Å². The van der Waals surface area contributed by atoms with Crippen molar-refractivity contribution >= 4 is 74.3 Å². The van der Waals surface area contributed by atoms with Crippen molar-refractivity contribution in [2.24, 2.45) is 0 Å². The van der Waals surface area contributed by atoms with Crippen LogP contribution in [-0.4, -0.2) is 6.71 Å². The number of fused-ring (bicyclic) bond motifs is 7. The van der Waals surface area contributed by atoms with Crippen molar-refractivity contribution in [1.82, 2.24) is 0 Å². The summed E-state index contributed by atoms with van der Waals surface area (Å²) in [5.74, 6) is 0. The minimum absolute atomic E-state index is 0.0257. The molecule has 0 amide bonds. The van der Waals surface area contributed by atoms with Gasteiger partial charge in [0.2, 0.25) is 0 Å². The predicted octanol–water partition coefficient (Wildman–Crippen LogP) is 18.4. The highest BCUT2D eigenvalue weighted by Crippen LogP contribution is 2.56. The minimum atomic E-state index is -0.274. The zero-order valence-electron chi connectivity index (χ0n) is 47.9. The first-order chi connectivity index (χ1) is 36.5. The van der Waals surface area contributed by atoms with Crippen LogP contribution in [0, 0.1) is 0 Å². The second-order valence-corrected chi connectivity index (χ2v) is 26.7. The number of anilines is 9.